The molecule has 0 saturated heterocycles. The van der Waals surface area contributed by atoms with Gasteiger partial charge < -0.3 is 20.4 Å². The average Bonchev–Trinajstić information content (AvgIpc) is 2.49. The zero-order valence-electron chi connectivity index (χ0n) is 15.3. The molecule has 0 spiro atoms. The van der Waals surface area contributed by atoms with Crippen molar-refractivity contribution in [1.29, 1.82) is 0 Å². The van der Waals surface area contributed by atoms with Crippen molar-refractivity contribution in [2.45, 2.75) is 41.0 Å². The SMILES string of the molecule is C=CC(=O)O.C=CC(=O)O.C=CC(=O)O.CCC(C)(C)C.CCO. The van der Waals surface area contributed by atoms with Gasteiger partial charge in [0.1, 0.15) is 0 Å². The molecular weight excluding hydrogens is 316 g/mol. The number of aliphatic carboxylic acids is 3. The van der Waals surface area contributed by atoms with Crippen LogP contribution in [0.3, 0.4) is 0 Å². The Hall–Kier alpha value is -2.41. The molecule has 0 fully saturated rings. The van der Waals surface area contributed by atoms with Gasteiger partial charge in [0, 0.05) is 24.8 Å². The third-order valence-electron chi connectivity index (χ3n) is 1.58. The summed E-state index contributed by atoms with van der Waals surface area (Å²) < 4.78 is 0. The molecule has 7 heteroatoms. The smallest absolute Gasteiger partial charge is 0.327 e. The standard InChI is InChI=1S/C6H14.3C3H4O2.C2H6O/c1-5-6(2,3)4;3*1-2-3(4)5;1-2-3/h5H2,1-4H3;3*2H,1H2,(H,4,5);3H,2H2,1H3. The summed E-state index contributed by atoms with van der Waals surface area (Å²) in [7, 11) is 0. The monoisotopic (exact) mass is 348 g/mol. The Morgan fingerprint density at radius 1 is 0.792 bits per heavy atom. The molecule has 0 aliphatic rings. The van der Waals surface area contributed by atoms with Gasteiger partial charge in [0.2, 0.25) is 0 Å². The molecule has 0 aliphatic heterocycles. The second kappa shape index (κ2) is 25.5. The van der Waals surface area contributed by atoms with Crippen molar-refractivity contribution in [2.24, 2.45) is 5.41 Å². The number of aliphatic hydroxyl groups is 1. The van der Waals surface area contributed by atoms with Gasteiger partial charge in [-0.3, -0.25) is 0 Å². The van der Waals surface area contributed by atoms with Crippen molar-refractivity contribution in [3.8, 4) is 0 Å². The summed E-state index contributed by atoms with van der Waals surface area (Å²) >= 11 is 0. The van der Waals surface area contributed by atoms with E-state index in [1.165, 1.54) is 6.42 Å². The molecule has 0 saturated carbocycles. The van der Waals surface area contributed by atoms with Crippen molar-refractivity contribution >= 4 is 17.9 Å². The molecule has 0 unspecified atom stereocenters. The molecule has 0 radical (unpaired) electrons. The number of carboxylic acids is 3. The van der Waals surface area contributed by atoms with Gasteiger partial charge in [0.05, 0.1) is 0 Å². The minimum absolute atomic E-state index is 0.250. The van der Waals surface area contributed by atoms with Crippen molar-refractivity contribution in [2.75, 3.05) is 6.61 Å². The highest BCUT2D eigenvalue weighted by Gasteiger charge is 2.03. The van der Waals surface area contributed by atoms with E-state index in [9.17, 15) is 14.4 Å². The van der Waals surface area contributed by atoms with Crippen LogP contribution in [0.5, 0.6) is 0 Å². The van der Waals surface area contributed by atoms with Gasteiger partial charge in [-0.05, 0) is 12.3 Å². The average molecular weight is 348 g/mol. The van der Waals surface area contributed by atoms with E-state index < -0.39 is 17.9 Å². The van der Waals surface area contributed by atoms with E-state index in [1.807, 2.05) is 0 Å². The fourth-order valence-electron chi connectivity index (χ4n) is 0. The highest BCUT2D eigenvalue weighted by Crippen LogP contribution is 2.16. The lowest BCUT2D eigenvalue weighted by atomic mass is 9.94. The van der Waals surface area contributed by atoms with E-state index in [0.29, 0.717) is 5.41 Å². The molecule has 0 rings (SSSR count). The molecule has 142 valence electrons. The zero-order chi connectivity index (χ0) is 20.8. The predicted molar refractivity (Wildman–Crippen MR) is 96.0 cm³/mol. The van der Waals surface area contributed by atoms with Gasteiger partial charge >= 0.3 is 17.9 Å². The minimum Gasteiger partial charge on any atom is -0.478 e. The van der Waals surface area contributed by atoms with Crippen LogP contribution in [0.25, 0.3) is 0 Å². The van der Waals surface area contributed by atoms with E-state index >= 15 is 0 Å². The molecular formula is C17H32O7. The molecule has 0 aromatic rings. The topological polar surface area (TPSA) is 132 Å². The maximum atomic E-state index is 9.25. The maximum Gasteiger partial charge on any atom is 0.327 e. The van der Waals surface area contributed by atoms with Crippen molar-refractivity contribution < 1.29 is 34.8 Å². The Balaban J connectivity index is -0.0000000636. The number of aliphatic hydroxyl groups excluding tert-OH is 1. The summed E-state index contributed by atoms with van der Waals surface area (Å²) in [4.78, 5) is 27.8. The van der Waals surface area contributed by atoms with E-state index in [0.717, 1.165) is 18.2 Å². The Morgan fingerprint density at radius 3 is 0.875 bits per heavy atom. The normalized spacial score (nSPS) is 7.75. The molecule has 0 aromatic carbocycles. The van der Waals surface area contributed by atoms with Crippen molar-refractivity contribution in [3.05, 3.63) is 38.0 Å². The molecule has 24 heavy (non-hydrogen) atoms. The molecule has 0 bridgehead atoms. The van der Waals surface area contributed by atoms with Crippen LogP contribution in [0.2, 0.25) is 0 Å². The van der Waals surface area contributed by atoms with Gasteiger partial charge in [-0.25, -0.2) is 14.4 Å². The summed E-state index contributed by atoms with van der Waals surface area (Å²) in [5.41, 5.74) is 0.542. The quantitative estimate of drug-likeness (QED) is 0.576. The molecule has 0 aromatic heterocycles. The van der Waals surface area contributed by atoms with Gasteiger partial charge in [-0.1, -0.05) is 53.9 Å². The fraction of sp³-hybridized carbons (Fsp3) is 0.471. The maximum absolute atomic E-state index is 9.25. The fourth-order valence-corrected chi connectivity index (χ4v) is 0. The molecule has 0 heterocycles. The first-order chi connectivity index (χ1) is 10.8. The molecule has 0 atom stereocenters. The van der Waals surface area contributed by atoms with Crippen LogP contribution in [0, 0.1) is 5.41 Å². The third kappa shape index (κ3) is 156. The van der Waals surface area contributed by atoms with E-state index in [1.54, 1.807) is 6.92 Å². The Bertz CT molecular complexity index is 310. The lowest BCUT2D eigenvalue weighted by molar-refractivity contribution is -0.132. The summed E-state index contributed by atoms with van der Waals surface area (Å²) in [6.45, 7) is 19.8. The van der Waals surface area contributed by atoms with Crippen LogP contribution in [0.15, 0.2) is 38.0 Å². The number of carbonyl (C=O) groups is 3. The van der Waals surface area contributed by atoms with Crippen LogP contribution in [0.4, 0.5) is 0 Å². The second-order valence-corrected chi connectivity index (χ2v) is 4.86. The Kier molecular flexibility index (Phi) is 35.4. The summed E-state index contributed by atoms with van der Waals surface area (Å²) in [5.74, 6) is -2.94. The summed E-state index contributed by atoms with van der Waals surface area (Å²) in [5, 5.41) is 30.4. The van der Waals surface area contributed by atoms with E-state index in [2.05, 4.69) is 47.4 Å². The Labute approximate surface area is 144 Å². The van der Waals surface area contributed by atoms with Crippen molar-refractivity contribution in [1.82, 2.24) is 0 Å². The lowest BCUT2D eigenvalue weighted by Gasteiger charge is -2.12. The molecule has 0 aliphatic carbocycles. The van der Waals surface area contributed by atoms with Gasteiger partial charge in [-0.2, -0.15) is 0 Å². The number of carboxylic acid groups (broad SMARTS) is 3. The summed E-state index contributed by atoms with van der Waals surface area (Å²) in [6, 6.07) is 0. The molecule has 0 amide bonds. The predicted octanol–water partition coefficient (Wildman–Crippen LogP) is 3.21. The minimum atomic E-state index is -0.981. The highest BCUT2D eigenvalue weighted by molar-refractivity contribution is 5.79. The van der Waals surface area contributed by atoms with Crippen LogP contribution in [-0.4, -0.2) is 44.9 Å². The van der Waals surface area contributed by atoms with E-state index in [4.69, 9.17) is 20.4 Å². The molecule has 4 N–H and O–H groups in total. The second-order valence-electron chi connectivity index (χ2n) is 4.86. The van der Waals surface area contributed by atoms with Crippen LogP contribution in [-0.2, 0) is 14.4 Å². The largest absolute Gasteiger partial charge is 0.478 e. The number of rotatable bonds is 3. The van der Waals surface area contributed by atoms with Gasteiger partial charge in [0.25, 0.3) is 0 Å². The first-order valence-electron chi connectivity index (χ1n) is 6.96. The first-order valence-corrected chi connectivity index (χ1v) is 6.96. The number of hydrogen-bond donors (Lipinski definition) is 4. The Morgan fingerprint density at radius 2 is 0.875 bits per heavy atom. The van der Waals surface area contributed by atoms with E-state index in [-0.39, 0.29) is 6.61 Å². The van der Waals surface area contributed by atoms with Crippen LogP contribution < -0.4 is 0 Å². The van der Waals surface area contributed by atoms with Gasteiger partial charge in [-0.15, -0.1) is 0 Å². The zero-order valence-corrected chi connectivity index (χ0v) is 15.3. The third-order valence-corrected chi connectivity index (χ3v) is 1.58. The number of hydrogen-bond acceptors (Lipinski definition) is 4. The van der Waals surface area contributed by atoms with Crippen LogP contribution in [0.1, 0.15) is 41.0 Å². The highest BCUT2D eigenvalue weighted by atomic mass is 16.4. The van der Waals surface area contributed by atoms with Crippen molar-refractivity contribution in [3.63, 3.8) is 0 Å². The lowest BCUT2D eigenvalue weighted by Crippen LogP contribution is -2.00. The van der Waals surface area contributed by atoms with Crippen LogP contribution >= 0.6 is 0 Å². The first kappa shape index (κ1) is 33.3. The van der Waals surface area contributed by atoms with Gasteiger partial charge in [0.15, 0.2) is 0 Å². The molecule has 7 nitrogen and oxygen atoms in total. The summed E-state index contributed by atoms with van der Waals surface area (Å²) in [6.07, 6.45) is 3.77.